The summed E-state index contributed by atoms with van der Waals surface area (Å²) in [6.45, 7) is 2.19. The molecule has 0 spiro atoms. The highest BCUT2D eigenvalue weighted by atomic mass is 19.1. The molecule has 2 aromatic rings. The van der Waals surface area contributed by atoms with Gasteiger partial charge in [-0.3, -0.25) is 4.90 Å². The number of fused-ring (bicyclic) bond motifs is 1. The first kappa shape index (κ1) is 14.9. The Morgan fingerprint density at radius 3 is 2.52 bits per heavy atom. The van der Waals surface area contributed by atoms with Gasteiger partial charge < -0.3 is 5.73 Å². The predicted molar refractivity (Wildman–Crippen MR) is 90.6 cm³/mol. The molecule has 3 heteroatoms. The summed E-state index contributed by atoms with van der Waals surface area (Å²) in [4.78, 5) is 2.39. The van der Waals surface area contributed by atoms with E-state index in [4.69, 9.17) is 5.73 Å². The molecule has 0 saturated heterocycles. The molecule has 4 rings (SSSR count). The van der Waals surface area contributed by atoms with Crippen molar-refractivity contribution in [3.05, 3.63) is 71.0 Å². The third kappa shape index (κ3) is 2.39. The molecule has 1 fully saturated rings. The second-order valence-electron chi connectivity index (χ2n) is 6.96. The van der Waals surface area contributed by atoms with Gasteiger partial charge in [0.15, 0.2) is 0 Å². The first-order valence-corrected chi connectivity index (χ1v) is 8.50. The van der Waals surface area contributed by atoms with Crippen LogP contribution in [0.1, 0.15) is 42.0 Å². The molecule has 1 atom stereocenters. The van der Waals surface area contributed by atoms with Gasteiger partial charge >= 0.3 is 0 Å². The minimum atomic E-state index is -0.0918. The van der Waals surface area contributed by atoms with E-state index in [0.717, 1.165) is 17.7 Å². The van der Waals surface area contributed by atoms with Gasteiger partial charge in [-0.25, -0.2) is 4.39 Å². The second kappa shape index (κ2) is 5.73. The third-order valence-electron chi connectivity index (χ3n) is 5.74. The Bertz CT molecular complexity index is 694. The van der Waals surface area contributed by atoms with Crippen LogP contribution in [0.3, 0.4) is 0 Å². The summed E-state index contributed by atoms with van der Waals surface area (Å²) in [5.41, 5.74) is 9.59. The molecular formula is C20H23FN2. The molecule has 1 aliphatic heterocycles. The Morgan fingerprint density at radius 2 is 1.87 bits per heavy atom. The van der Waals surface area contributed by atoms with Crippen LogP contribution in [0.25, 0.3) is 0 Å². The molecule has 1 heterocycles. The molecule has 0 bridgehead atoms. The lowest BCUT2D eigenvalue weighted by molar-refractivity contribution is 0.112. The van der Waals surface area contributed by atoms with Crippen LogP contribution in [-0.2, 0) is 12.0 Å². The summed E-state index contributed by atoms with van der Waals surface area (Å²) < 4.78 is 14.2. The number of hydrogen-bond donors (Lipinski definition) is 1. The van der Waals surface area contributed by atoms with Gasteiger partial charge in [0.25, 0.3) is 0 Å². The van der Waals surface area contributed by atoms with Gasteiger partial charge in [0, 0.05) is 36.7 Å². The Morgan fingerprint density at radius 1 is 1.09 bits per heavy atom. The van der Waals surface area contributed by atoms with Gasteiger partial charge in [-0.05, 0) is 30.0 Å². The monoisotopic (exact) mass is 310 g/mol. The minimum Gasteiger partial charge on any atom is -0.329 e. The molecule has 1 unspecified atom stereocenters. The van der Waals surface area contributed by atoms with Gasteiger partial charge in [-0.15, -0.1) is 0 Å². The SMILES string of the molecule is NCC1c2cccc(F)c2CN1CC1(c2ccccc2)CCC1. The molecule has 0 aromatic heterocycles. The fourth-order valence-corrected chi connectivity index (χ4v) is 4.33. The number of benzene rings is 2. The summed E-state index contributed by atoms with van der Waals surface area (Å²) in [7, 11) is 0. The summed E-state index contributed by atoms with van der Waals surface area (Å²) in [5.74, 6) is -0.0918. The Labute approximate surface area is 137 Å². The zero-order valence-electron chi connectivity index (χ0n) is 13.3. The number of nitrogens with zero attached hydrogens (tertiary/aromatic N) is 1. The highest BCUT2D eigenvalue weighted by molar-refractivity contribution is 5.37. The molecule has 2 N–H and O–H groups in total. The molecule has 2 aromatic carbocycles. The maximum Gasteiger partial charge on any atom is 0.128 e. The summed E-state index contributed by atoms with van der Waals surface area (Å²) in [6.07, 6.45) is 3.70. The van der Waals surface area contributed by atoms with Crippen LogP contribution in [-0.4, -0.2) is 18.0 Å². The fourth-order valence-electron chi connectivity index (χ4n) is 4.33. The van der Waals surface area contributed by atoms with Crippen molar-refractivity contribution in [1.82, 2.24) is 4.90 Å². The number of rotatable bonds is 4. The second-order valence-corrected chi connectivity index (χ2v) is 6.96. The van der Waals surface area contributed by atoms with E-state index in [1.807, 2.05) is 6.07 Å². The number of hydrogen-bond acceptors (Lipinski definition) is 2. The Hall–Kier alpha value is -1.71. The molecule has 0 radical (unpaired) electrons. The van der Waals surface area contributed by atoms with Crippen LogP contribution in [0.2, 0.25) is 0 Å². The summed E-state index contributed by atoms with van der Waals surface area (Å²) in [5, 5.41) is 0. The maximum atomic E-state index is 14.2. The lowest BCUT2D eigenvalue weighted by Gasteiger charge is -2.46. The van der Waals surface area contributed by atoms with E-state index in [2.05, 4.69) is 35.2 Å². The van der Waals surface area contributed by atoms with E-state index < -0.39 is 0 Å². The smallest absolute Gasteiger partial charge is 0.128 e. The molecule has 1 aliphatic carbocycles. The van der Waals surface area contributed by atoms with Crippen LogP contribution in [0, 0.1) is 5.82 Å². The largest absolute Gasteiger partial charge is 0.329 e. The average molecular weight is 310 g/mol. The van der Waals surface area contributed by atoms with E-state index in [1.165, 1.54) is 24.8 Å². The van der Waals surface area contributed by atoms with Crippen molar-refractivity contribution < 1.29 is 4.39 Å². The molecule has 23 heavy (non-hydrogen) atoms. The van der Waals surface area contributed by atoms with Gasteiger partial charge in [0.2, 0.25) is 0 Å². The predicted octanol–water partition coefficient (Wildman–Crippen LogP) is 3.76. The van der Waals surface area contributed by atoms with Gasteiger partial charge in [-0.1, -0.05) is 48.9 Å². The normalized spacial score (nSPS) is 22.6. The molecule has 0 amide bonds. The zero-order valence-corrected chi connectivity index (χ0v) is 13.3. The quantitative estimate of drug-likeness (QED) is 0.931. The van der Waals surface area contributed by atoms with Gasteiger partial charge in [0.1, 0.15) is 5.82 Å². The third-order valence-corrected chi connectivity index (χ3v) is 5.74. The Balaban J connectivity index is 1.63. The highest BCUT2D eigenvalue weighted by Gasteiger charge is 2.43. The van der Waals surface area contributed by atoms with Crippen molar-refractivity contribution in [3.8, 4) is 0 Å². The maximum absolute atomic E-state index is 14.2. The fraction of sp³-hybridized carbons (Fsp3) is 0.400. The van der Waals surface area contributed by atoms with Gasteiger partial charge in [-0.2, -0.15) is 0 Å². The minimum absolute atomic E-state index is 0.0918. The first-order chi connectivity index (χ1) is 11.2. The van der Waals surface area contributed by atoms with Crippen molar-refractivity contribution in [3.63, 3.8) is 0 Å². The number of halogens is 1. The van der Waals surface area contributed by atoms with Crippen LogP contribution < -0.4 is 5.73 Å². The summed E-state index contributed by atoms with van der Waals surface area (Å²) in [6, 6.07) is 16.3. The van der Waals surface area contributed by atoms with E-state index in [0.29, 0.717) is 13.1 Å². The molecule has 1 saturated carbocycles. The zero-order chi connectivity index (χ0) is 15.9. The first-order valence-electron chi connectivity index (χ1n) is 8.50. The molecular weight excluding hydrogens is 287 g/mol. The van der Waals surface area contributed by atoms with E-state index in [1.54, 1.807) is 12.1 Å². The van der Waals surface area contributed by atoms with Crippen molar-refractivity contribution in [2.24, 2.45) is 5.73 Å². The van der Waals surface area contributed by atoms with Gasteiger partial charge in [0.05, 0.1) is 0 Å². The lowest BCUT2D eigenvalue weighted by Crippen LogP contribution is -2.46. The average Bonchev–Trinajstić information content (AvgIpc) is 2.90. The Kier molecular flexibility index (Phi) is 3.70. The topological polar surface area (TPSA) is 29.3 Å². The highest BCUT2D eigenvalue weighted by Crippen LogP contribution is 2.47. The van der Waals surface area contributed by atoms with E-state index in [-0.39, 0.29) is 17.3 Å². The van der Waals surface area contributed by atoms with Crippen LogP contribution in [0.15, 0.2) is 48.5 Å². The molecule has 2 nitrogen and oxygen atoms in total. The van der Waals surface area contributed by atoms with E-state index in [9.17, 15) is 4.39 Å². The van der Waals surface area contributed by atoms with Crippen LogP contribution in [0.5, 0.6) is 0 Å². The van der Waals surface area contributed by atoms with Crippen molar-refractivity contribution in [1.29, 1.82) is 0 Å². The van der Waals surface area contributed by atoms with Crippen LogP contribution in [0.4, 0.5) is 4.39 Å². The van der Waals surface area contributed by atoms with Crippen molar-refractivity contribution in [2.45, 2.75) is 37.3 Å². The van der Waals surface area contributed by atoms with Crippen LogP contribution >= 0.6 is 0 Å². The summed E-state index contributed by atoms with van der Waals surface area (Å²) >= 11 is 0. The molecule has 120 valence electrons. The number of nitrogens with two attached hydrogens (primary N) is 1. The van der Waals surface area contributed by atoms with E-state index >= 15 is 0 Å². The standard InChI is InChI=1S/C20H23FN2/c21-18-9-4-8-16-17(18)13-23(19(16)12-22)14-20(10-5-11-20)15-6-2-1-3-7-15/h1-4,6-9,19H,5,10-14,22H2. The van der Waals surface area contributed by atoms with Crippen molar-refractivity contribution in [2.75, 3.05) is 13.1 Å². The molecule has 2 aliphatic rings. The van der Waals surface area contributed by atoms with Crippen molar-refractivity contribution >= 4 is 0 Å². The lowest BCUT2D eigenvalue weighted by atomic mass is 9.64.